The Kier molecular flexibility index (Phi) is 5.54. The molecule has 8 heteroatoms. The minimum atomic E-state index is -0.559. The SMILES string of the molecule is CN(C=N)C(=N)C1CCN(c2c(-c3ccc(F)nc3)ccc(N)c2C#N)CC1. The van der Waals surface area contributed by atoms with Crippen molar-refractivity contribution in [2.24, 2.45) is 5.92 Å². The zero-order valence-corrected chi connectivity index (χ0v) is 15.6. The molecule has 2 heterocycles. The van der Waals surface area contributed by atoms with E-state index in [0.717, 1.165) is 30.4 Å². The second-order valence-electron chi connectivity index (χ2n) is 6.79. The molecule has 0 radical (unpaired) electrons. The number of aromatic nitrogens is 1. The van der Waals surface area contributed by atoms with Gasteiger partial charge in [-0.15, -0.1) is 0 Å². The molecule has 0 bridgehead atoms. The molecule has 7 nitrogen and oxygen atoms in total. The summed E-state index contributed by atoms with van der Waals surface area (Å²) in [6.07, 6.45) is 4.06. The molecule has 2 aromatic rings. The first kappa shape index (κ1) is 19.3. The summed E-state index contributed by atoms with van der Waals surface area (Å²) in [5, 5.41) is 25.2. The quantitative estimate of drug-likeness (QED) is 0.327. The van der Waals surface area contributed by atoms with Crippen LogP contribution in [0.5, 0.6) is 0 Å². The van der Waals surface area contributed by atoms with Crippen LogP contribution in [0.4, 0.5) is 15.8 Å². The van der Waals surface area contributed by atoms with Crippen molar-refractivity contribution in [1.29, 1.82) is 16.1 Å². The van der Waals surface area contributed by atoms with E-state index in [1.54, 1.807) is 19.2 Å². The number of rotatable bonds is 4. The number of amidine groups is 1. The standard InChI is InChI=1S/C20H22FN7/c1-27(12-23)20(25)13-6-8-28(9-7-13)19-15(3-4-17(24)16(19)10-22)14-2-5-18(21)26-11-14/h2-5,11-13,23,25H,6-9,24H2,1H3. The molecule has 4 N–H and O–H groups in total. The minimum Gasteiger partial charge on any atom is -0.398 e. The molecule has 1 aliphatic heterocycles. The molecule has 1 saturated heterocycles. The summed E-state index contributed by atoms with van der Waals surface area (Å²) in [5.41, 5.74) is 9.06. The molecule has 0 atom stereocenters. The number of anilines is 2. The van der Waals surface area contributed by atoms with Crippen molar-refractivity contribution in [3.63, 3.8) is 0 Å². The Labute approximate surface area is 163 Å². The van der Waals surface area contributed by atoms with E-state index in [9.17, 15) is 9.65 Å². The summed E-state index contributed by atoms with van der Waals surface area (Å²) in [4.78, 5) is 7.34. The zero-order valence-electron chi connectivity index (χ0n) is 15.6. The number of halogens is 1. The number of nitriles is 1. The first-order valence-corrected chi connectivity index (χ1v) is 8.97. The number of nitrogen functional groups attached to an aromatic ring is 1. The van der Waals surface area contributed by atoms with Crippen molar-refractivity contribution in [2.75, 3.05) is 30.8 Å². The van der Waals surface area contributed by atoms with Crippen LogP contribution in [0.15, 0.2) is 30.5 Å². The number of benzene rings is 1. The van der Waals surface area contributed by atoms with Gasteiger partial charge in [-0.05, 0) is 31.0 Å². The first-order valence-electron chi connectivity index (χ1n) is 8.97. The van der Waals surface area contributed by atoms with Crippen LogP contribution >= 0.6 is 0 Å². The first-order chi connectivity index (χ1) is 13.5. The molecular formula is C20H22FN7. The van der Waals surface area contributed by atoms with Crippen LogP contribution in [-0.4, -0.2) is 42.2 Å². The smallest absolute Gasteiger partial charge is 0.212 e. The molecule has 144 valence electrons. The molecule has 1 aromatic carbocycles. The van der Waals surface area contributed by atoms with Gasteiger partial charge in [-0.25, -0.2) is 4.98 Å². The molecule has 0 spiro atoms. The minimum absolute atomic E-state index is 0.0605. The second kappa shape index (κ2) is 8.05. The largest absolute Gasteiger partial charge is 0.398 e. The molecule has 0 amide bonds. The van der Waals surface area contributed by atoms with Crippen LogP contribution in [-0.2, 0) is 0 Å². The Balaban J connectivity index is 1.94. The van der Waals surface area contributed by atoms with Crippen LogP contribution in [0.2, 0.25) is 0 Å². The highest BCUT2D eigenvalue weighted by molar-refractivity contribution is 5.91. The predicted molar refractivity (Wildman–Crippen MR) is 108 cm³/mol. The number of nitrogens with two attached hydrogens (primary N) is 1. The maximum absolute atomic E-state index is 13.2. The van der Waals surface area contributed by atoms with E-state index in [2.05, 4.69) is 16.0 Å². The van der Waals surface area contributed by atoms with Crippen LogP contribution < -0.4 is 10.6 Å². The molecule has 0 saturated carbocycles. The van der Waals surface area contributed by atoms with Crippen LogP contribution in [0.1, 0.15) is 18.4 Å². The fourth-order valence-electron chi connectivity index (χ4n) is 3.55. The summed E-state index contributed by atoms with van der Waals surface area (Å²) in [6.45, 7) is 1.30. The summed E-state index contributed by atoms with van der Waals surface area (Å²) in [5.74, 6) is -0.0769. The predicted octanol–water partition coefficient (Wildman–Crippen LogP) is 3.07. The molecule has 28 heavy (non-hydrogen) atoms. The van der Waals surface area contributed by atoms with Crippen LogP contribution in [0, 0.1) is 34.0 Å². The second-order valence-corrected chi connectivity index (χ2v) is 6.79. The van der Waals surface area contributed by atoms with Gasteiger partial charge in [0.1, 0.15) is 11.9 Å². The van der Waals surface area contributed by atoms with Gasteiger partial charge >= 0.3 is 0 Å². The lowest BCUT2D eigenvalue weighted by atomic mass is 9.92. The zero-order chi connectivity index (χ0) is 20.3. The van der Waals surface area contributed by atoms with E-state index >= 15 is 0 Å². The highest BCUT2D eigenvalue weighted by Crippen LogP contribution is 2.38. The lowest BCUT2D eigenvalue weighted by Crippen LogP contribution is -2.41. The normalized spacial score (nSPS) is 14.4. The fourth-order valence-corrected chi connectivity index (χ4v) is 3.55. The van der Waals surface area contributed by atoms with Gasteiger partial charge in [0.25, 0.3) is 0 Å². The Morgan fingerprint density at radius 2 is 2.07 bits per heavy atom. The maximum Gasteiger partial charge on any atom is 0.212 e. The monoisotopic (exact) mass is 379 g/mol. The van der Waals surface area contributed by atoms with Crippen molar-refractivity contribution >= 4 is 23.5 Å². The van der Waals surface area contributed by atoms with E-state index in [4.69, 9.17) is 16.6 Å². The molecule has 1 aliphatic rings. The fraction of sp³-hybridized carbons (Fsp3) is 0.300. The van der Waals surface area contributed by atoms with Gasteiger partial charge in [0.15, 0.2) is 0 Å². The van der Waals surface area contributed by atoms with Gasteiger partial charge in [-0.1, -0.05) is 6.07 Å². The maximum atomic E-state index is 13.2. The Bertz CT molecular complexity index is 925. The van der Waals surface area contributed by atoms with Gasteiger partial charge in [0, 0.05) is 43.4 Å². The highest BCUT2D eigenvalue weighted by atomic mass is 19.1. The van der Waals surface area contributed by atoms with Crippen molar-refractivity contribution in [1.82, 2.24) is 9.88 Å². The Morgan fingerprint density at radius 1 is 1.36 bits per heavy atom. The van der Waals surface area contributed by atoms with Gasteiger partial charge in [-0.3, -0.25) is 10.8 Å². The van der Waals surface area contributed by atoms with E-state index in [1.807, 2.05) is 6.07 Å². The molecule has 0 aliphatic carbocycles. The molecule has 3 rings (SSSR count). The van der Waals surface area contributed by atoms with E-state index < -0.39 is 5.95 Å². The number of hydrogen-bond acceptors (Lipinski definition) is 6. The number of nitrogens with one attached hydrogen (secondary N) is 2. The van der Waals surface area contributed by atoms with Crippen molar-refractivity contribution < 1.29 is 4.39 Å². The average molecular weight is 379 g/mol. The number of hydrogen-bond donors (Lipinski definition) is 3. The molecule has 1 aromatic heterocycles. The molecular weight excluding hydrogens is 357 g/mol. The van der Waals surface area contributed by atoms with E-state index in [-0.39, 0.29) is 5.92 Å². The van der Waals surface area contributed by atoms with Gasteiger partial charge in [0.05, 0.1) is 23.3 Å². The molecule has 1 fully saturated rings. The van der Waals surface area contributed by atoms with Gasteiger partial charge < -0.3 is 15.5 Å². The third-order valence-corrected chi connectivity index (χ3v) is 5.13. The lowest BCUT2D eigenvalue weighted by Gasteiger charge is -2.36. The summed E-state index contributed by atoms with van der Waals surface area (Å²) in [6, 6.07) is 8.65. The number of pyridine rings is 1. The third kappa shape index (κ3) is 3.64. The van der Waals surface area contributed by atoms with E-state index in [1.165, 1.54) is 17.2 Å². The Hall–Kier alpha value is -3.47. The Morgan fingerprint density at radius 3 is 2.64 bits per heavy atom. The summed E-state index contributed by atoms with van der Waals surface area (Å²) in [7, 11) is 1.70. The topological polar surface area (TPSA) is 117 Å². The summed E-state index contributed by atoms with van der Waals surface area (Å²) < 4.78 is 13.2. The van der Waals surface area contributed by atoms with Crippen LogP contribution in [0.3, 0.4) is 0 Å². The average Bonchev–Trinajstić information content (AvgIpc) is 2.73. The van der Waals surface area contributed by atoms with Crippen molar-refractivity contribution in [3.8, 4) is 17.2 Å². The third-order valence-electron chi connectivity index (χ3n) is 5.13. The van der Waals surface area contributed by atoms with Crippen LogP contribution in [0.25, 0.3) is 11.1 Å². The van der Waals surface area contributed by atoms with Crippen molar-refractivity contribution in [3.05, 3.63) is 42.0 Å². The molecule has 0 unspecified atom stereocenters. The van der Waals surface area contributed by atoms with Gasteiger partial charge in [-0.2, -0.15) is 9.65 Å². The number of nitrogens with zero attached hydrogens (tertiary/aromatic N) is 4. The lowest BCUT2D eigenvalue weighted by molar-refractivity contribution is 0.473. The number of piperidine rings is 1. The highest BCUT2D eigenvalue weighted by Gasteiger charge is 2.27. The van der Waals surface area contributed by atoms with Gasteiger partial charge in [0.2, 0.25) is 5.95 Å². The van der Waals surface area contributed by atoms with Crippen molar-refractivity contribution in [2.45, 2.75) is 12.8 Å². The summed E-state index contributed by atoms with van der Waals surface area (Å²) >= 11 is 0. The van der Waals surface area contributed by atoms with E-state index in [0.29, 0.717) is 35.7 Å².